The van der Waals surface area contributed by atoms with E-state index >= 15 is 0 Å². The highest BCUT2D eigenvalue weighted by Crippen LogP contribution is 2.26. The molecule has 112 valence electrons. The van der Waals surface area contributed by atoms with Crippen molar-refractivity contribution in [1.82, 2.24) is 4.98 Å². The minimum Gasteiger partial charge on any atom is -0.361 e. The fourth-order valence-corrected chi connectivity index (χ4v) is 3.14. The number of allylic oxidation sites excluding steroid dienone is 4. The van der Waals surface area contributed by atoms with Crippen LogP contribution in [0.4, 0.5) is 0 Å². The van der Waals surface area contributed by atoms with Crippen molar-refractivity contribution in [2.24, 2.45) is 5.92 Å². The quantitative estimate of drug-likeness (QED) is 0.756. The molecule has 0 saturated heterocycles. The minimum atomic E-state index is -0.0818. The summed E-state index contributed by atoms with van der Waals surface area (Å²) in [7, 11) is 0. The van der Waals surface area contributed by atoms with Gasteiger partial charge in [0.2, 0.25) is 0 Å². The number of aromatic amines is 1. The lowest BCUT2D eigenvalue weighted by molar-refractivity contribution is -0.116. The molecule has 0 aliphatic heterocycles. The first-order valence-electron chi connectivity index (χ1n) is 7.85. The molecule has 2 heteroatoms. The summed E-state index contributed by atoms with van der Waals surface area (Å²) >= 11 is 0. The molecule has 0 saturated carbocycles. The number of aromatic nitrogens is 1. The van der Waals surface area contributed by atoms with Crippen LogP contribution in [0.5, 0.6) is 0 Å². The second-order valence-electron chi connectivity index (χ2n) is 5.90. The van der Waals surface area contributed by atoms with Crippen LogP contribution in [-0.2, 0) is 11.2 Å². The molecule has 2 aromatic carbocycles. The van der Waals surface area contributed by atoms with Crippen LogP contribution in [0.1, 0.15) is 11.1 Å². The number of hydrogen-bond acceptors (Lipinski definition) is 1. The Kier molecular flexibility index (Phi) is 3.43. The summed E-state index contributed by atoms with van der Waals surface area (Å²) in [5.74, 6) is 0.0957. The lowest BCUT2D eigenvalue weighted by Gasteiger charge is -2.15. The molecule has 23 heavy (non-hydrogen) atoms. The van der Waals surface area contributed by atoms with E-state index in [2.05, 4.69) is 23.2 Å². The van der Waals surface area contributed by atoms with Gasteiger partial charge in [-0.2, -0.15) is 0 Å². The van der Waals surface area contributed by atoms with Crippen LogP contribution in [0.25, 0.3) is 16.5 Å². The lowest BCUT2D eigenvalue weighted by Crippen LogP contribution is -2.15. The topological polar surface area (TPSA) is 32.9 Å². The monoisotopic (exact) mass is 299 g/mol. The summed E-state index contributed by atoms with van der Waals surface area (Å²) in [5, 5.41) is 1.20. The summed E-state index contributed by atoms with van der Waals surface area (Å²) in [4.78, 5) is 15.8. The van der Waals surface area contributed by atoms with Gasteiger partial charge in [-0.3, -0.25) is 4.79 Å². The van der Waals surface area contributed by atoms with Gasteiger partial charge < -0.3 is 4.98 Å². The Bertz CT molecular complexity index is 915. The third-order valence-corrected chi connectivity index (χ3v) is 4.39. The van der Waals surface area contributed by atoms with Crippen LogP contribution in [0, 0.1) is 5.92 Å². The Labute approximate surface area is 135 Å². The van der Waals surface area contributed by atoms with Gasteiger partial charge in [0, 0.05) is 23.0 Å². The molecule has 2 nitrogen and oxygen atoms in total. The van der Waals surface area contributed by atoms with Crippen molar-refractivity contribution in [3.63, 3.8) is 0 Å². The maximum Gasteiger partial charge on any atom is 0.163 e. The van der Waals surface area contributed by atoms with E-state index in [1.165, 1.54) is 10.9 Å². The second-order valence-corrected chi connectivity index (χ2v) is 5.90. The van der Waals surface area contributed by atoms with Gasteiger partial charge in [0.1, 0.15) is 0 Å². The highest BCUT2D eigenvalue weighted by atomic mass is 16.1. The van der Waals surface area contributed by atoms with Crippen LogP contribution < -0.4 is 0 Å². The third-order valence-electron chi connectivity index (χ3n) is 4.39. The highest BCUT2D eigenvalue weighted by Gasteiger charge is 2.20. The number of ketones is 1. The van der Waals surface area contributed by atoms with Crippen LogP contribution in [0.3, 0.4) is 0 Å². The van der Waals surface area contributed by atoms with Crippen LogP contribution in [-0.4, -0.2) is 10.8 Å². The lowest BCUT2D eigenvalue weighted by atomic mass is 9.88. The summed E-state index contributed by atoms with van der Waals surface area (Å²) in [6.45, 7) is 0. The molecule has 1 N–H and O–H groups in total. The molecule has 1 atom stereocenters. The minimum absolute atomic E-state index is 0.0818. The number of rotatable bonds is 3. The first-order valence-corrected chi connectivity index (χ1v) is 7.85. The van der Waals surface area contributed by atoms with Gasteiger partial charge in [0.15, 0.2) is 5.78 Å². The van der Waals surface area contributed by atoms with Crippen molar-refractivity contribution in [3.05, 3.63) is 90.1 Å². The maximum atomic E-state index is 12.5. The zero-order valence-electron chi connectivity index (χ0n) is 12.7. The number of carbonyl (C=O) groups excluding carboxylic acids is 1. The van der Waals surface area contributed by atoms with Crippen LogP contribution in [0.2, 0.25) is 0 Å². The van der Waals surface area contributed by atoms with Gasteiger partial charge in [-0.25, -0.2) is 0 Å². The highest BCUT2D eigenvalue weighted by molar-refractivity contribution is 6.03. The summed E-state index contributed by atoms with van der Waals surface area (Å²) < 4.78 is 0. The molecule has 0 bridgehead atoms. The van der Waals surface area contributed by atoms with Crippen molar-refractivity contribution >= 4 is 22.3 Å². The summed E-state index contributed by atoms with van der Waals surface area (Å²) in [6.07, 6.45) is 8.62. The molecule has 3 aromatic rings. The van der Waals surface area contributed by atoms with Gasteiger partial charge in [-0.15, -0.1) is 0 Å². The predicted octanol–water partition coefficient (Wildman–Crippen LogP) is 4.55. The van der Waals surface area contributed by atoms with E-state index in [1.807, 2.05) is 54.7 Å². The standard InChI is InChI=1S/C21H17NO/c23-21-13-16(15-6-2-1-3-7-15)10-11-17(21)12-18-14-22-20-9-5-4-8-19(18)20/h1-11,13-14,17,22H,12H2. The van der Waals surface area contributed by atoms with E-state index in [9.17, 15) is 4.79 Å². The molecule has 4 rings (SSSR count). The summed E-state index contributed by atoms with van der Waals surface area (Å²) in [6, 6.07) is 18.2. The van der Waals surface area contributed by atoms with Crippen molar-refractivity contribution in [2.45, 2.75) is 6.42 Å². The van der Waals surface area contributed by atoms with E-state index in [1.54, 1.807) is 6.08 Å². The average Bonchev–Trinajstić information content (AvgIpc) is 3.01. The van der Waals surface area contributed by atoms with Crippen molar-refractivity contribution < 1.29 is 4.79 Å². The van der Waals surface area contributed by atoms with Gasteiger partial charge in [-0.1, -0.05) is 60.7 Å². The maximum absolute atomic E-state index is 12.5. The molecule has 1 heterocycles. The molecule has 1 aromatic heterocycles. The second kappa shape index (κ2) is 5.73. The van der Waals surface area contributed by atoms with Gasteiger partial charge in [-0.05, 0) is 35.3 Å². The molecule has 0 radical (unpaired) electrons. The smallest absolute Gasteiger partial charge is 0.163 e. The van der Waals surface area contributed by atoms with Crippen molar-refractivity contribution in [1.29, 1.82) is 0 Å². The molecule has 0 fully saturated rings. The molecular weight excluding hydrogens is 282 g/mol. The van der Waals surface area contributed by atoms with Gasteiger partial charge >= 0.3 is 0 Å². The Hall–Kier alpha value is -2.87. The van der Waals surface area contributed by atoms with Gasteiger partial charge in [0.05, 0.1) is 0 Å². The first kappa shape index (κ1) is 13.8. The van der Waals surface area contributed by atoms with E-state index in [-0.39, 0.29) is 11.7 Å². The number of carbonyl (C=O) groups is 1. The fourth-order valence-electron chi connectivity index (χ4n) is 3.14. The third kappa shape index (κ3) is 2.64. The van der Waals surface area contributed by atoms with Crippen LogP contribution >= 0.6 is 0 Å². The number of hydrogen-bond donors (Lipinski definition) is 1. The predicted molar refractivity (Wildman–Crippen MR) is 94.1 cm³/mol. The molecule has 0 spiro atoms. The molecule has 0 amide bonds. The summed E-state index contributed by atoms with van der Waals surface area (Å²) in [5.41, 5.74) is 4.39. The van der Waals surface area contributed by atoms with E-state index < -0.39 is 0 Å². The molecule has 1 unspecified atom stereocenters. The number of nitrogens with one attached hydrogen (secondary N) is 1. The SMILES string of the molecule is O=C1C=C(c2ccccc2)C=CC1Cc1c[nH]c2ccccc12. The van der Waals surface area contributed by atoms with Gasteiger partial charge in [0.25, 0.3) is 0 Å². The Morgan fingerprint density at radius 3 is 2.57 bits per heavy atom. The number of fused-ring (bicyclic) bond motifs is 1. The average molecular weight is 299 g/mol. The zero-order valence-corrected chi connectivity index (χ0v) is 12.7. The van der Waals surface area contributed by atoms with E-state index in [0.29, 0.717) is 0 Å². The molecule has 1 aliphatic rings. The van der Waals surface area contributed by atoms with Crippen molar-refractivity contribution in [3.8, 4) is 0 Å². The normalized spacial score (nSPS) is 17.5. The zero-order chi connectivity index (χ0) is 15.6. The largest absolute Gasteiger partial charge is 0.361 e. The van der Waals surface area contributed by atoms with E-state index in [0.717, 1.165) is 23.1 Å². The molecule has 1 aliphatic carbocycles. The number of H-pyrrole nitrogens is 1. The Balaban J connectivity index is 1.57. The van der Waals surface area contributed by atoms with Crippen molar-refractivity contribution in [2.75, 3.05) is 0 Å². The molecular formula is C21H17NO. The van der Waals surface area contributed by atoms with Crippen LogP contribution in [0.15, 0.2) is 79.0 Å². The Morgan fingerprint density at radius 1 is 0.957 bits per heavy atom. The first-order chi connectivity index (χ1) is 11.3. The van der Waals surface area contributed by atoms with E-state index in [4.69, 9.17) is 0 Å². The number of para-hydroxylation sites is 1. The fraction of sp³-hybridized carbons (Fsp3) is 0.0952. The number of benzene rings is 2. The Morgan fingerprint density at radius 2 is 1.74 bits per heavy atom.